The molecule has 11 heteroatoms. The Labute approximate surface area is 188 Å². The normalized spacial score (nSPS) is 19.0. The first-order valence-electron chi connectivity index (χ1n) is 9.60. The van der Waals surface area contributed by atoms with Crippen LogP contribution in [-0.2, 0) is 6.18 Å². The van der Waals surface area contributed by atoms with Gasteiger partial charge in [0.25, 0.3) is 5.91 Å². The molecule has 4 rings (SSSR count). The molecule has 2 heterocycles. The summed E-state index contributed by atoms with van der Waals surface area (Å²) in [7, 11) is -2.64. The van der Waals surface area contributed by atoms with Gasteiger partial charge in [0.2, 0.25) is 0 Å². The van der Waals surface area contributed by atoms with Gasteiger partial charge in [-0.2, -0.15) is 28.9 Å². The van der Waals surface area contributed by atoms with Crippen molar-refractivity contribution in [3.05, 3.63) is 70.9 Å². The van der Waals surface area contributed by atoms with Crippen LogP contribution in [0.5, 0.6) is 0 Å². The minimum absolute atomic E-state index is 0.119. The number of benzene rings is 2. The molecule has 32 heavy (non-hydrogen) atoms. The summed E-state index contributed by atoms with van der Waals surface area (Å²) >= 11 is 6.18. The average Bonchev–Trinajstić information content (AvgIpc) is 3.32. The molecule has 3 aromatic rings. The van der Waals surface area contributed by atoms with Crippen molar-refractivity contribution in [1.82, 2.24) is 15.1 Å². The van der Waals surface area contributed by atoms with Crippen molar-refractivity contribution in [3.63, 3.8) is 0 Å². The minimum Gasteiger partial charge on any atom is -0.348 e. The third kappa shape index (κ3) is 4.78. The second kappa shape index (κ2) is 8.43. The van der Waals surface area contributed by atoms with E-state index in [1.807, 2.05) is 0 Å². The van der Waals surface area contributed by atoms with E-state index in [-0.39, 0.29) is 28.3 Å². The smallest absolute Gasteiger partial charge is 0.348 e. The third-order valence-electron chi connectivity index (χ3n) is 5.12. The molecule has 1 aliphatic rings. The summed E-state index contributed by atoms with van der Waals surface area (Å²) in [6, 6.07) is 13.1. The van der Waals surface area contributed by atoms with E-state index in [4.69, 9.17) is 11.6 Å². The van der Waals surface area contributed by atoms with E-state index in [2.05, 4.69) is 10.4 Å². The molecule has 2 aromatic carbocycles. The second-order valence-corrected chi connectivity index (χ2v) is 10.2. The zero-order valence-electron chi connectivity index (χ0n) is 16.5. The van der Waals surface area contributed by atoms with Gasteiger partial charge in [0.1, 0.15) is 0 Å². The van der Waals surface area contributed by atoms with Crippen molar-refractivity contribution in [3.8, 4) is 16.9 Å². The maximum atomic E-state index is 13.3. The number of rotatable bonds is 4. The highest BCUT2D eigenvalue weighted by atomic mass is 35.5. The Kier molecular flexibility index (Phi) is 5.97. The summed E-state index contributed by atoms with van der Waals surface area (Å²) in [5, 5.41) is 6.71. The fourth-order valence-electron chi connectivity index (χ4n) is 3.53. The monoisotopic (exact) mass is 485 g/mol. The molecule has 0 saturated carbocycles. The van der Waals surface area contributed by atoms with Gasteiger partial charge in [-0.15, -0.1) is 0 Å². The maximum absolute atomic E-state index is 13.3. The highest BCUT2D eigenvalue weighted by molar-refractivity contribution is 8.24. The van der Waals surface area contributed by atoms with Gasteiger partial charge in [-0.05, 0) is 36.8 Å². The Morgan fingerprint density at radius 1 is 1.16 bits per heavy atom. The molecular formula is C21H19ClF3N3O3S. The Bertz CT molecular complexity index is 1150. The summed E-state index contributed by atoms with van der Waals surface area (Å²) in [5.41, 5.74) is 0.120. The summed E-state index contributed by atoms with van der Waals surface area (Å²) in [4.78, 5) is 12.5. The molecule has 170 valence electrons. The quantitative estimate of drug-likeness (QED) is 0.457. The van der Waals surface area contributed by atoms with Gasteiger partial charge in [-0.3, -0.25) is 13.9 Å². The fourth-order valence-corrected chi connectivity index (χ4v) is 5.47. The van der Waals surface area contributed by atoms with Crippen LogP contribution in [-0.4, -0.2) is 42.3 Å². The Morgan fingerprint density at radius 3 is 2.44 bits per heavy atom. The van der Waals surface area contributed by atoms with Crippen molar-refractivity contribution >= 4 is 28.1 Å². The zero-order chi connectivity index (χ0) is 23.1. The molecular weight excluding hydrogens is 467 g/mol. The molecule has 1 aromatic heterocycles. The number of halogens is 4. The predicted octanol–water partition coefficient (Wildman–Crippen LogP) is 5.46. The number of nitrogens with zero attached hydrogens (tertiary/aromatic N) is 2. The number of nitrogens with one attached hydrogen (secondary N) is 1. The van der Waals surface area contributed by atoms with E-state index in [1.165, 1.54) is 24.3 Å². The van der Waals surface area contributed by atoms with Gasteiger partial charge in [-0.25, -0.2) is 4.68 Å². The topological polar surface area (TPSA) is 87.4 Å². The number of para-hydroxylation sites is 1. The van der Waals surface area contributed by atoms with E-state index in [9.17, 15) is 27.1 Å². The first-order valence-corrected chi connectivity index (χ1v) is 11.9. The highest BCUT2D eigenvalue weighted by Crippen LogP contribution is 2.45. The molecule has 1 amide bonds. The van der Waals surface area contributed by atoms with Crippen LogP contribution in [0.1, 0.15) is 22.5 Å². The Balaban J connectivity index is 1.63. The summed E-state index contributed by atoms with van der Waals surface area (Å²) < 4.78 is 60.5. The van der Waals surface area contributed by atoms with Crippen molar-refractivity contribution in [2.75, 3.05) is 11.5 Å². The molecule has 6 nitrogen and oxygen atoms in total. The van der Waals surface area contributed by atoms with E-state index in [0.717, 1.165) is 10.7 Å². The lowest BCUT2D eigenvalue weighted by Crippen LogP contribution is -2.35. The number of carbonyl (C=O) groups excluding carboxylic acids is 1. The number of aromatic nitrogens is 2. The van der Waals surface area contributed by atoms with Gasteiger partial charge in [0.05, 0.1) is 22.2 Å². The molecule has 1 unspecified atom stereocenters. The number of alkyl halides is 3. The SMILES string of the molecule is O=C(NC1CCS(O)(O)C1)c1ccc(-c2cc(C(F)(F)F)nn2-c2ccccc2Cl)cc1. The van der Waals surface area contributed by atoms with Crippen LogP contribution in [0.2, 0.25) is 5.02 Å². The molecule has 0 radical (unpaired) electrons. The summed E-state index contributed by atoms with van der Waals surface area (Å²) in [5.74, 6) is -0.0207. The minimum atomic E-state index is -4.64. The lowest BCUT2D eigenvalue weighted by Gasteiger charge is -2.26. The summed E-state index contributed by atoms with van der Waals surface area (Å²) in [6.45, 7) is 0. The highest BCUT2D eigenvalue weighted by Gasteiger charge is 2.35. The molecule has 1 aliphatic heterocycles. The summed E-state index contributed by atoms with van der Waals surface area (Å²) in [6.07, 6.45) is -4.16. The molecule has 1 fully saturated rings. The first-order chi connectivity index (χ1) is 15.0. The van der Waals surface area contributed by atoms with Gasteiger partial charge in [0.15, 0.2) is 5.69 Å². The lowest BCUT2D eigenvalue weighted by atomic mass is 10.1. The number of hydrogen-bond donors (Lipinski definition) is 3. The van der Waals surface area contributed by atoms with Crippen LogP contribution >= 0.6 is 22.2 Å². The van der Waals surface area contributed by atoms with Crippen molar-refractivity contribution < 1.29 is 27.1 Å². The lowest BCUT2D eigenvalue weighted by molar-refractivity contribution is -0.141. The number of carbonyl (C=O) groups is 1. The van der Waals surface area contributed by atoms with Crippen LogP contribution in [0.15, 0.2) is 54.6 Å². The third-order valence-corrected chi connectivity index (χ3v) is 7.27. The van der Waals surface area contributed by atoms with Crippen LogP contribution in [0.25, 0.3) is 16.9 Å². The largest absolute Gasteiger partial charge is 0.435 e. The Morgan fingerprint density at radius 2 is 1.84 bits per heavy atom. The van der Waals surface area contributed by atoms with Gasteiger partial charge >= 0.3 is 6.18 Å². The molecule has 1 atom stereocenters. The van der Waals surface area contributed by atoms with E-state index >= 15 is 0 Å². The predicted molar refractivity (Wildman–Crippen MR) is 117 cm³/mol. The average molecular weight is 486 g/mol. The molecule has 3 N–H and O–H groups in total. The van der Waals surface area contributed by atoms with Crippen molar-refractivity contribution in [1.29, 1.82) is 0 Å². The van der Waals surface area contributed by atoms with Crippen LogP contribution in [0, 0.1) is 0 Å². The van der Waals surface area contributed by atoms with Crippen molar-refractivity contribution in [2.24, 2.45) is 0 Å². The van der Waals surface area contributed by atoms with Crippen LogP contribution in [0.3, 0.4) is 0 Å². The molecule has 0 bridgehead atoms. The van der Waals surface area contributed by atoms with Crippen molar-refractivity contribution in [2.45, 2.75) is 18.6 Å². The van der Waals surface area contributed by atoms with Gasteiger partial charge in [0, 0.05) is 22.9 Å². The Hall–Kier alpha value is -2.53. The van der Waals surface area contributed by atoms with E-state index < -0.39 is 28.4 Å². The van der Waals surface area contributed by atoms with Crippen LogP contribution in [0.4, 0.5) is 13.2 Å². The fraction of sp³-hybridized carbons (Fsp3) is 0.238. The van der Waals surface area contributed by atoms with E-state index in [0.29, 0.717) is 23.2 Å². The molecule has 1 saturated heterocycles. The van der Waals surface area contributed by atoms with Gasteiger partial charge in [-0.1, -0.05) is 35.9 Å². The number of hydrogen-bond acceptors (Lipinski definition) is 4. The number of amides is 1. The van der Waals surface area contributed by atoms with Gasteiger partial charge < -0.3 is 5.32 Å². The molecule has 0 spiro atoms. The van der Waals surface area contributed by atoms with E-state index in [1.54, 1.807) is 24.3 Å². The maximum Gasteiger partial charge on any atom is 0.435 e. The second-order valence-electron chi connectivity index (χ2n) is 7.49. The molecule has 0 aliphatic carbocycles. The zero-order valence-corrected chi connectivity index (χ0v) is 18.1. The van der Waals surface area contributed by atoms with Crippen LogP contribution < -0.4 is 5.32 Å². The standard InChI is InChI=1S/C21H19ClF3N3O3S/c22-16-3-1-2-4-17(16)28-18(11-19(27-28)21(23,24)25)13-5-7-14(8-6-13)20(29)26-15-9-10-32(30,31)12-15/h1-8,11,15,30-31H,9-10,12H2,(H,26,29). The first kappa shape index (κ1) is 22.7.